The van der Waals surface area contributed by atoms with Crippen molar-refractivity contribution < 1.29 is 9.21 Å². The van der Waals surface area contributed by atoms with Crippen LogP contribution in [0.3, 0.4) is 0 Å². The lowest BCUT2D eigenvalue weighted by Gasteiger charge is -1.90. The van der Waals surface area contributed by atoms with E-state index < -0.39 is 0 Å². The van der Waals surface area contributed by atoms with Gasteiger partial charge in [-0.15, -0.1) is 21.5 Å². The maximum absolute atomic E-state index is 8.58. The third-order valence-electron chi connectivity index (χ3n) is 2.14. The zero-order valence-corrected chi connectivity index (χ0v) is 11.5. The van der Waals surface area contributed by atoms with Gasteiger partial charge in [0.15, 0.2) is 5.01 Å². The Morgan fingerprint density at radius 3 is 2.39 bits per heavy atom. The molecular weight excluding hydrogens is 252 g/mol. The highest BCUT2D eigenvalue weighted by Crippen LogP contribution is 2.27. The van der Waals surface area contributed by atoms with Gasteiger partial charge in [0, 0.05) is 11.8 Å². The van der Waals surface area contributed by atoms with Crippen molar-refractivity contribution in [2.45, 2.75) is 33.6 Å². The molecule has 0 unspecified atom stereocenters. The van der Waals surface area contributed by atoms with Crippen LogP contribution in [0.4, 0.5) is 0 Å². The summed E-state index contributed by atoms with van der Waals surface area (Å²) in [6.07, 6.45) is 2.21. The van der Waals surface area contributed by atoms with Gasteiger partial charge in [0.25, 0.3) is 5.89 Å². The van der Waals surface area contributed by atoms with Crippen LogP contribution in [0.2, 0.25) is 0 Å². The highest BCUT2D eigenvalue weighted by atomic mass is 32.1. The van der Waals surface area contributed by atoms with Gasteiger partial charge in [-0.05, 0) is 12.8 Å². The lowest BCUT2D eigenvalue weighted by atomic mass is 10.2. The van der Waals surface area contributed by atoms with Crippen molar-refractivity contribution in [1.82, 2.24) is 15.2 Å². The third kappa shape index (κ3) is 3.36. The minimum Gasteiger partial charge on any atom is -0.419 e. The fourth-order valence-corrected chi connectivity index (χ4v) is 2.42. The predicted molar refractivity (Wildman–Crippen MR) is 69.2 cm³/mol. The Morgan fingerprint density at radius 1 is 1.33 bits per heavy atom. The van der Waals surface area contributed by atoms with E-state index in [1.165, 1.54) is 4.88 Å². The van der Waals surface area contributed by atoms with Gasteiger partial charge in [-0.25, -0.2) is 4.98 Å². The summed E-state index contributed by atoms with van der Waals surface area (Å²) in [5.41, 5.74) is 5.31. The molecule has 2 N–H and O–H groups in total. The van der Waals surface area contributed by atoms with Gasteiger partial charge in [-0.1, -0.05) is 13.8 Å². The molecule has 0 atom stereocenters. The predicted octanol–water partition coefficient (Wildman–Crippen LogP) is 1.73. The van der Waals surface area contributed by atoms with E-state index in [9.17, 15) is 0 Å². The topological polar surface area (TPSA) is 94.9 Å². The van der Waals surface area contributed by atoms with E-state index >= 15 is 0 Å². The number of aromatic nitrogens is 3. The van der Waals surface area contributed by atoms with Crippen molar-refractivity contribution in [3.05, 3.63) is 16.5 Å². The molecule has 0 aliphatic carbocycles. The molecule has 18 heavy (non-hydrogen) atoms. The van der Waals surface area contributed by atoms with Crippen LogP contribution in [0.15, 0.2) is 4.42 Å². The fraction of sp³-hybridized carbons (Fsp3) is 0.455. The summed E-state index contributed by atoms with van der Waals surface area (Å²) in [5.74, 6) is 1.11. The zero-order valence-electron chi connectivity index (χ0n) is 10.6. The molecule has 0 bridgehead atoms. The number of carbonyl (C=O) groups is 1. The van der Waals surface area contributed by atoms with E-state index in [1.54, 1.807) is 18.3 Å². The summed E-state index contributed by atoms with van der Waals surface area (Å²) < 4.78 is 5.35. The van der Waals surface area contributed by atoms with Crippen molar-refractivity contribution in [2.24, 2.45) is 5.73 Å². The molecule has 2 aromatic heterocycles. The molecule has 1 amide bonds. The number of primary amides is 1. The van der Waals surface area contributed by atoms with E-state index in [0.717, 1.165) is 23.5 Å². The number of hydrogen-bond acceptors (Lipinski definition) is 6. The quantitative estimate of drug-likeness (QED) is 0.855. The van der Waals surface area contributed by atoms with Gasteiger partial charge in [-0.3, -0.25) is 4.79 Å². The van der Waals surface area contributed by atoms with E-state index in [0.29, 0.717) is 11.8 Å². The average Bonchev–Trinajstić information content (AvgIpc) is 2.95. The monoisotopic (exact) mass is 268 g/mol. The molecule has 0 fully saturated rings. The first kappa shape index (κ1) is 14.3. The van der Waals surface area contributed by atoms with Gasteiger partial charge in [-0.2, -0.15) is 0 Å². The van der Waals surface area contributed by atoms with Crippen molar-refractivity contribution in [3.8, 4) is 10.9 Å². The fourth-order valence-electron chi connectivity index (χ4n) is 1.41. The first-order valence-corrected chi connectivity index (χ1v) is 6.42. The molecular formula is C11H16N4O2S. The molecule has 7 heteroatoms. The van der Waals surface area contributed by atoms with E-state index in [-0.39, 0.29) is 6.41 Å². The third-order valence-corrected chi connectivity index (χ3v) is 3.37. The lowest BCUT2D eigenvalue weighted by molar-refractivity contribution is -0.106. The summed E-state index contributed by atoms with van der Waals surface area (Å²) in [5, 5.41) is 8.61. The molecule has 2 heterocycles. The summed E-state index contributed by atoms with van der Waals surface area (Å²) in [7, 11) is 0. The number of carbonyl (C=O) groups excluding carboxylic acids is 1. The maximum atomic E-state index is 8.58. The number of hydrogen-bond donors (Lipinski definition) is 1. The van der Waals surface area contributed by atoms with Crippen molar-refractivity contribution in [3.63, 3.8) is 0 Å². The first-order valence-electron chi connectivity index (χ1n) is 5.60. The molecule has 6 nitrogen and oxygen atoms in total. The van der Waals surface area contributed by atoms with Crippen LogP contribution in [-0.2, 0) is 17.6 Å². The Labute approximate surface area is 109 Å². The molecule has 2 rings (SSSR count). The number of thiazole rings is 1. The molecule has 2 aromatic rings. The largest absolute Gasteiger partial charge is 0.419 e. The van der Waals surface area contributed by atoms with E-state index in [2.05, 4.69) is 34.8 Å². The van der Waals surface area contributed by atoms with Crippen LogP contribution in [-0.4, -0.2) is 21.6 Å². The van der Waals surface area contributed by atoms with Crippen molar-refractivity contribution in [2.75, 3.05) is 0 Å². The second-order valence-corrected chi connectivity index (χ2v) is 4.44. The molecule has 0 aliphatic rings. The smallest absolute Gasteiger partial charge is 0.276 e. The zero-order chi connectivity index (χ0) is 13.5. The number of amides is 1. The molecule has 0 saturated carbocycles. The van der Waals surface area contributed by atoms with Crippen molar-refractivity contribution >= 4 is 17.7 Å². The Kier molecular flexibility index (Phi) is 5.44. The first-order chi connectivity index (χ1) is 8.65. The van der Waals surface area contributed by atoms with Gasteiger partial charge in [0.1, 0.15) is 0 Å². The van der Waals surface area contributed by atoms with Crippen molar-refractivity contribution in [1.29, 1.82) is 0 Å². The number of nitrogens with two attached hydrogens (primary N) is 1. The molecule has 0 saturated heterocycles. The standard InChI is InChI=1S/C10H13N3OS.CH3NO/c1-4-7-8(5-2)15-10(11-7)9-13-12-6(3)14-9;2-1-3/h4-5H2,1-3H3;1H,(H2,2,3). The minimum absolute atomic E-state index is 0.250. The maximum Gasteiger partial charge on any atom is 0.276 e. The normalized spacial score (nSPS) is 9.72. The molecule has 98 valence electrons. The molecule has 0 radical (unpaired) electrons. The van der Waals surface area contributed by atoms with Crippen LogP contribution in [0.5, 0.6) is 0 Å². The van der Waals surface area contributed by atoms with Crippen LogP contribution in [0.1, 0.15) is 30.3 Å². The van der Waals surface area contributed by atoms with Crippen LogP contribution >= 0.6 is 11.3 Å². The van der Waals surface area contributed by atoms with Crippen LogP contribution in [0.25, 0.3) is 10.9 Å². The van der Waals surface area contributed by atoms with Gasteiger partial charge in [0.2, 0.25) is 12.3 Å². The second-order valence-electron chi connectivity index (χ2n) is 3.36. The summed E-state index contributed by atoms with van der Waals surface area (Å²) in [6.45, 7) is 6.03. The molecule has 0 aromatic carbocycles. The lowest BCUT2D eigenvalue weighted by Crippen LogP contribution is -1.85. The Bertz CT molecular complexity index is 485. The van der Waals surface area contributed by atoms with E-state index in [1.807, 2.05) is 0 Å². The van der Waals surface area contributed by atoms with E-state index in [4.69, 9.17) is 9.21 Å². The number of rotatable bonds is 3. The summed E-state index contributed by atoms with van der Waals surface area (Å²) in [6, 6.07) is 0. The van der Waals surface area contributed by atoms with Gasteiger partial charge >= 0.3 is 0 Å². The molecule has 0 aliphatic heterocycles. The Morgan fingerprint density at radius 2 is 2.00 bits per heavy atom. The SMILES string of the molecule is CCc1nc(-c2nnc(C)o2)sc1CC.NC=O. The molecule has 0 spiro atoms. The average molecular weight is 268 g/mol. The van der Waals surface area contributed by atoms with Gasteiger partial charge in [0.05, 0.1) is 5.69 Å². The summed E-state index contributed by atoms with van der Waals surface area (Å²) >= 11 is 1.64. The summed E-state index contributed by atoms with van der Waals surface area (Å²) in [4.78, 5) is 14.4. The number of nitrogens with zero attached hydrogens (tertiary/aromatic N) is 3. The highest BCUT2D eigenvalue weighted by molar-refractivity contribution is 7.15. The second kappa shape index (κ2) is 6.85. The Balaban J connectivity index is 0.000000492. The van der Waals surface area contributed by atoms with Crippen LogP contribution < -0.4 is 5.73 Å². The Hall–Kier alpha value is -1.76. The number of aryl methyl sites for hydroxylation is 3. The highest BCUT2D eigenvalue weighted by Gasteiger charge is 2.14. The van der Waals surface area contributed by atoms with Crippen LogP contribution in [0, 0.1) is 6.92 Å². The van der Waals surface area contributed by atoms with Gasteiger partial charge < -0.3 is 10.2 Å². The minimum atomic E-state index is 0.250.